The van der Waals surface area contributed by atoms with Gasteiger partial charge in [-0.15, -0.1) is 0 Å². The first-order valence-electron chi connectivity index (χ1n) is 7.33. The highest BCUT2D eigenvalue weighted by atomic mass is 16.4. The number of carbonyl (C=O) groups is 1. The van der Waals surface area contributed by atoms with Gasteiger partial charge in [-0.25, -0.2) is 4.79 Å². The molecule has 0 fully saturated rings. The number of allylic oxidation sites excluding steroid dienone is 1. The van der Waals surface area contributed by atoms with Crippen LogP contribution in [-0.4, -0.2) is 11.1 Å². The van der Waals surface area contributed by atoms with Crippen molar-refractivity contribution < 1.29 is 9.90 Å². The van der Waals surface area contributed by atoms with Crippen LogP contribution in [0.4, 0.5) is 0 Å². The zero-order valence-corrected chi connectivity index (χ0v) is 13.4. The van der Waals surface area contributed by atoms with Gasteiger partial charge >= 0.3 is 5.97 Å². The SMILES string of the molecule is C=C(CC(C)=Cc1ccccc1)C(=O)O.C=Cc1ccccc1. The molecule has 0 aliphatic carbocycles. The van der Waals surface area contributed by atoms with Crippen molar-refractivity contribution in [3.63, 3.8) is 0 Å². The minimum Gasteiger partial charge on any atom is -0.478 e. The molecular weight excluding hydrogens is 284 g/mol. The van der Waals surface area contributed by atoms with Gasteiger partial charge in [0.15, 0.2) is 0 Å². The Labute approximate surface area is 138 Å². The average molecular weight is 306 g/mol. The highest BCUT2D eigenvalue weighted by Gasteiger charge is 2.03. The predicted octanol–water partition coefficient (Wildman–Crippen LogP) is 5.45. The summed E-state index contributed by atoms with van der Waals surface area (Å²) in [5.41, 5.74) is 3.47. The van der Waals surface area contributed by atoms with Crippen LogP contribution >= 0.6 is 0 Å². The van der Waals surface area contributed by atoms with Crippen molar-refractivity contribution in [2.24, 2.45) is 0 Å². The van der Waals surface area contributed by atoms with Crippen molar-refractivity contribution in [3.05, 3.63) is 96.1 Å². The average Bonchev–Trinajstić information content (AvgIpc) is 2.57. The van der Waals surface area contributed by atoms with E-state index >= 15 is 0 Å². The highest BCUT2D eigenvalue weighted by molar-refractivity contribution is 5.86. The van der Waals surface area contributed by atoms with Gasteiger partial charge in [-0.1, -0.05) is 91.5 Å². The first-order valence-corrected chi connectivity index (χ1v) is 7.33. The number of carboxylic acids is 1. The number of carboxylic acid groups (broad SMARTS) is 1. The monoisotopic (exact) mass is 306 g/mol. The van der Waals surface area contributed by atoms with Crippen molar-refractivity contribution in [3.8, 4) is 0 Å². The van der Waals surface area contributed by atoms with E-state index in [9.17, 15) is 4.79 Å². The normalized spacial score (nSPS) is 10.2. The summed E-state index contributed by atoms with van der Waals surface area (Å²) in [7, 11) is 0. The summed E-state index contributed by atoms with van der Waals surface area (Å²) >= 11 is 0. The molecule has 0 atom stereocenters. The number of hydrogen-bond donors (Lipinski definition) is 1. The molecule has 2 aromatic carbocycles. The van der Waals surface area contributed by atoms with E-state index in [0.29, 0.717) is 6.42 Å². The van der Waals surface area contributed by atoms with E-state index in [1.54, 1.807) is 0 Å². The van der Waals surface area contributed by atoms with E-state index in [1.165, 1.54) is 5.56 Å². The molecule has 0 bridgehead atoms. The van der Waals surface area contributed by atoms with Gasteiger partial charge in [-0.05, 0) is 24.5 Å². The predicted molar refractivity (Wildman–Crippen MR) is 98.0 cm³/mol. The maximum absolute atomic E-state index is 10.6. The molecule has 0 amide bonds. The molecule has 0 spiro atoms. The molecule has 2 nitrogen and oxygen atoms in total. The van der Waals surface area contributed by atoms with E-state index in [0.717, 1.165) is 11.1 Å². The number of rotatable bonds is 5. The molecule has 0 saturated carbocycles. The maximum Gasteiger partial charge on any atom is 0.331 e. The molecule has 23 heavy (non-hydrogen) atoms. The standard InChI is InChI=1S/C13H14O2.C8H8/c1-10(8-11(2)13(14)15)9-12-6-4-3-5-7-12;1-2-8-6-4-3-5-7-8/h3-7,9H,2,8H2,1H3,(H,14,15);2-7H,1H2. The summed E-state index contributed by atoms with van der Waals surface area (Å²) in [4.78, 5) is 10.6. The zero-order valence-electron chi connectivity index (χ0n) is 13.4. The highest BCUT2D eigenvalue weighted by Crippen LogP contribution is 2.13. The molecule has 2 heteroatoms. The first kappa shape index (κ1) is 18.2. The van der Waals surface area contributed by atoms with Crippen LogP contribution in [0.15, 0.2) is 85.0 Å². The Kier molecular flexibility index (Phi) is 7.87. The molecule has 0 aliphatic rings. The van der Waals surface area contributed by atoms with Crippen LogP contribution in [0.5, 0.6) is 0 Å². The van der Waals surface area contributed by atoms with Crippen LogP contribution in [0.1, 0.15) is 24.5 Å². The minimum atomic E-state index is -0.934. The number of benzene rings is 2. The number of aliphatic carboxylic acids is 1. The van der Waals surface area contributed by atoms with Gasteiger partial charge < -0.3 is 5.11 Å². The van der Waals surface area contributed by atoms with Gasteiger partial charge in [0.05, 0.1) is 0 Å². The van der Waals surface area contributed by atoms with Gasteiger partial charge in [-0.2, -0.15) is 0 Å². The summed E-state index contributed by atoms with van der Waals surface area (Å²) in [6.07, 6.45) is 4.21. The lowest BCUT2D eigenvalue weighted by molar-refractivity contribution is -0.132. The zero-order chi connectivity index (χ0) is 17.1. The molecule has 118 valence electrons. The topological polar surface area (TPSA) is 37.3 Å². The Morgan fingerprint density at radius 1 is 1.00 bits per heavy atom. The molecule has 0 saturated heterocycles. The van der Waals surface area contributed by atoms with Crippen molar-refractivity contribution >= 4 is 18.1 Å². The fourth-order valence-corrected chi connectivity index (χ4v) is 1.89. The minimum absolute atomic E-state index is 0.222. The van der Waals surface area contributed by atoms with E-state index in [1.807, 2.05) is 79.7 Å². The van der Waals surface area contributed by atoms with Crippen molar-refractivity contribution in [1.29, 1.82) is 0 Å². The van der Waals surface area contributed by atoms with Crippen LogP contribution < -0.4 is 0 Å². The van der Waals surface area contributed by atoms with Crippen LogP contribution in [0.2, 0.25) is 0 Å². The lowest BCUT2D eigenvalue weighted by atomic mass is 10.1. The lowest BCUT2D eigenvalue weighted by Gasteiger charge is -2.01. The molecule has 1 N–H and O–H groups in total. The van der Waals surface area contributed by atoms with Crippen molar-refractivity contribution in [2.75, 3.05) is 0 Å². The fourth-order valence-electron chi connectivity index (χ4n) is 1.89. The molecule has 2 rings (SSSR count). The van der Waals surface area contributed by atoms with Crippen LogP contribution in [-0.2, 0) is 4.79 Å². The fraction of sp³-hybridized carbons (Fsp3) is 0.0952. The number of hydrogen-bond acceptors (Lipinski definition) is 1. The summed E-state index contributed by atoms with van der Waals surface area (Å²) < 4.78 is 0. The quantitative estimate of drug-likeness (QED) is 0.746. The maximum atomic E-state index is 10.6. The second kappa shape index (κ2) is 9.96. The summed E-state index contributed by atoms with van der Waals surface area (Å²) in [6, 6.07) is 19.8. The second-order valence-electron chi connectivity index (χ2n) is 5.10. The Morgan fingerprint density at radius 2 is 1.48 bits per heavy atom. The Bertz CT molecular complexity index is 668. The summed E-state index contributed by atoms with van der Waals surface area (Å²) in [6.45, 7) is 9.03. The van der Waals surface area contributed by atoms with Crippen LogP contribution in [0.3, 0.4) is 0 Å². The van der Waals surface area contributed by atoms with Gasteiger partial charge in [-0.3, -0.25) is 0 Å². The molecule has 0 unspecified atom stereocenters. The Morgan fingerprint density at radius 3 is 1.87 bits per heavy atom. The van der Waals surface area contributed by atoms with Crippen molar-refractivity contribution in [1.82, 2.24) is 0 Å². The van der Waals surface area contributed by atoms with Gasteiger partial charge in [0.2, 0.25) is 0 Å². The van der Waals surface area contributed by atoms with E-state index in [-0.39, 0.29) is 5.57 Å². The molecule has 0 heterocycles. The second-order valence-corrected chi connectivity index (χ2v) is 5.10. The van der Waals surface area contributed by atoms with E-state index < -0.39 is 5.97 Å². The molecular formula is C21H22O2. The molecule has 0 radical (unpaired) electrons. The third kappa shape index (κ3) is 7.63. The van der Waals surface area contributed by atoms with Crippen LogP contribution in [0.25, 0.3) is 12.2 Å². The van der Waals surface area contributed by atoms with E-state index in [4.69, 9.17) is 5.11 Å². The van der Waals surface area contributed by atoms with Crippen molar-refractivity contribution in [2.45, 2.75) is 13.3 Å². The Hall–Kier alpha value is -2.87. The third-order valence-corrected chi connectivity index (χ3v) is 3.04. The van der Waals surface area contributed by atoms with Gasteiger partial charge in [0.1, 0.15) is 0 Å². The smallest absolute Gasteiger partial charge is 0.331 e. The molecule has 2 aromatic rings. The lowest BCUT2D eigenvalue weighted by Crippen LogP contribution is -1.98. The largest absolute Gasteiger partial charge is 0.478 e. The molecule has 0 aromatic heterocycles. The first-order chi connectivity index (χ1) is 11.0. The summed E-state index contributed by atoms with van der Waals surface area (Å²) in [5, 5.41) is 8.67. The third-order valence-electron chi connectivity index (χ3n) is 3.04. The molecule has 0 aliphatic heterocycles. The Balaban J connectivity index is 0.000000277. The van der Waals surface area contributed by atoms with E-state index in [2.05, 4.69) is 13.2 Å². The van der Waals surface area contributed by atoms with Gasteiger partial charge in [0.25, 0.3) is 0 Å². The van der Waals surface area contributed by atoms with Gasteiger partial charge in [0, 0.05) is 5.57 Å². The van der Waals surface area contributed by atoms with Crippen LogP contribution in [0, 0.1) is 0 Å². The summed E-state index contributed by atoms with van der Waals surface area (Å²) in [5.74, 6) is -0.934.